The Labute approximate surface area is 155 Å². The maximum absolute atomic E-state index is 13.2. The Balaban J connectivity index is 2.00. The molecule has 1 aliphatic rings. The molecule has 5 nitrogen and oxygen atoms in total. The number of benzene rings is 2. The lowest BCUT2D eigenvalue weighted by atomic mass is 9.96. The van der Waals surface area contributed by atoms with Crippen molar-refractivity contribution < 1.29 is 17.9 Å². The molecule has 0 saturated heterocycles. The first-order valence-electron chi connectivity index (χ1n) is 8.94. The summed E-state index contributed by atoms with van der Waals surface area (Å²) in [7, 11) is -2.06. The maximum Gasteiger partial charge on any atom is 0.264 e. The molecule has 0 aliphatic carbocycles. The van der Waals surface area contributed by atoms with Gasteiger partial charge in [-0.1, -0.05) is 13.3 Å². The molecule has 0 bridgehead atoms. The van der Waals surface area contributed by atoms with Gasteiger partial charge in [0.05, 0.1) is 24.3 Å². The molecule has 0 saturated carbocycles. The van der Waals surface area contributed by atoms with Crippen LogP contribution in [0.4, 0.5) is 5.69 Å². The first-order valence-corrected chi connectivity index (χ1v) is 10.4. The zero-order valence-corrected chi connectivity index (χ0v) is 16.3. The highest BCUT2D eigenvalue weighted by Crippen LogP contribution is 2.43. The van der Waals surface area contributed by atoms with Crippen LogP contribution in [0.3, 0.4) is 0 Å². The molecule has 0 fully saturated rings. The van der Waals surface area contributed by atoms with Crippen molar-refractivity contribution in [2.24, 2.45) is 0 Å². The van der Waals surface area contributed by atoms with Gasteiger partial charge in [-0.3, -0.25) is 4.31 Å². The van der Waals surface area contributed by atoms with E-state index in [2.05, 4.69) is 6.92 Å². The van der Waals surface area contributed by atoms with Gasteiger partial charge in [0.1, 0.15) is 11.5 Å². The molecule has 1 unspecified atom stereocenters. The molecule has 26 heavy (non-hydrogen) atoms. The molecular weight excluding hydrogens is 350 g/mol. The SMILES string of the molecule is CCCC1CN(S(=O)(=O)c2ccc(OC)cc2)c2ccc(OCC)cc21. The van der Waals surface area contributed by atoms with E-state index in [9.17, 15) is 8.42 Å². The molecule has 0 aromatic heterocycles. The van der Waals surface area contributed by atoms with Crippen LogP contribution in [0.1, 0.15) is 38.2 Å². The standard InChI is InChI=1S/C20H25NO4S/c1-4-6-15-14-21(20-12-9-17(25-5-2)13-19(15)20)26(22,23)18-10-7-16(24-3)8-11-18/h7-13,15H,4-6,14H2,1-3H3. The fourth-order valence-corrected chi connectivity index (χ4v) is 4.97. The van der Waals surface area contributed by atoms with E-state index in [0.29, 0.717) is 18.9 Å². The fraction of sp³-hybridized carbons (Fsp3) is 0.400. The van der Waals surface area contributed by atoms with E-state index in [1.165, 1.54) is 4.31 Å². The molecule has 3 rings (SSSR count). The Morgan fingerprint density at radius 2 is 1.77 bits per heavy atom. The molecule has 0 spiro atoms. The van der Waals surface area contributed by atoms with Gasteiger partial charge in [-0.25, -0.2) is 8.42 Å². The van der Waals surface area contributed by atoms with Gasteiger partial charge in [0.25, 0.3) is 10.0 Å². The topological polar surface area (TPSA) is 55.8 Å². The largest absolute Gasteiger partial charge is 0.497 e. The summed E-state index contributed by atoms with van der Waals surface area (Å²) in [5, 5.41) is 0. The minimum absolute atomic E-state index is 0.184. The summed E-state index contributed by atoms with van der Waals surface area (Å²) in [6, 6.07) is 12.2. The van der Waals surface area contributed by atoms with Gasteiger partial charge >= 0.3 is 0 Å². The van der Waals surface area contributed by atoms with Crippen LogP contribution in [0, 0.1) is 0 Å². The van der Waals surface area contributed by atoms with Crippen molar-refractivity contribution in [3.8, 4) is 11.5 Å². The van der Waals surface area contributed by atoms with Crippen LogP contribution in [0.5, 0.6) is 11.5 Å². The second-order valence-corrected chi connectivity index (χ2v) is 8.21. The molecule has 0 N–H and O–H groups in total. The quantitative estimate of drug-likeness (QED) is 0.728. The number of anilines is 1. The number of nitrogens with zero attached hydrogens (tertiary/aromatic N) is 1. The predicted molar refractivity (Wildman–Crippen MR) is 103 cm³/mol. The van der Waals surface area contributed by atoms with Gasteiger partial charge < -0.3 is 9.47 Å². The molecule has 2 aromatic rings. The van der Waals surface area contributed by atoms with Crippen LogP contribution in [0.15, 0.2) is 47.4 Å². The van der Waals surface area contributed by atoms with Crippen molar-refractivity contribution in [1.82, 2.24) is 0 Å². The van der Waals surface area contributed by atoms with Crippen molar-refractivity contribution in [3.63, 3.8) is 0 Å². The maximum atomic E-state index is 13.2. The third-order valence-electron chi connectivity index (χ3n) is 4.69. The van der Waals surface area contributed by atoms with E-state index in [-0.39, 0.29) is 10.8 Å². The summed E-state index contributed by atoms with van der Waals surface area (Å²) >= 11 is 0. The number of fused-ring (bicyclic) bond motifs is 1. The lowest BCUT2D eigenvalue weighted by molar-refractivity contribution is 0.340. The Hall–Kier alpha value is -2.21. The lowest BCUT2D eigenvalue weighted by Gasteiger charge is -2.20. The van der Waals surface area contributed by atoms with Crippen molar-refractivity contribution in [3.05, 3.63) is 48.0 Å². The lowest BCUT2D eigenvalue weighted by Crippen LogP contribution is -2.30. The summed E-state index contributed by atoms with van der Waals surface area (Å²) in [5.74, 6) is 1.61. The zero-order chi connectivity index (χ0) is 18.7. The van der Waals surface area contributed by atoms with Gasteiger partial charge in [-0.15, -0.1) is 0 Å². The first-order chi connectivity index (χ1) is 12.5. The van der Waals surface area contributed by atoms with Crippen LogP contribution in [-0.4, -0.2) is 28.7 Å². The Kier molecular flexibility index (Phi) is 5.41. The van der Waals surface area contributed by atoms with E-state index in [4.69, 9.17) is 9.47 Å². The Morgan fingerprint density at radius 3 is 2.38 bits per heavy atom. The molecule has 0 amide bonds. The highest BCUT2D eigenvalue weighted by Gasteiger charge is 2.36. The van der Waals surface area contributed by atoms with Crippen LogP contribution >= 0.6 is 0 Å². The smallest absolute Gasteiger partial charge is 0.264 e. The molecule has 0 radical (unpaired) electrons. The fourth-order valence-electron chi connectivity index (χ4n) is 3.44. The molecule has 1 heterocycles. The Morgan fingerprint density at radius 1 is 1.08 bits per heavy atom. The molecule has 1 aliphatic heterocycles. The monoisotopic (exact) mass is 375 g/mol. The van der Waals surface area contributed by atoms with Gasteiger partial charge in [0, 0.05) is 12.5 Å². The third kappa shape index (κ3) is 3.38. The highest BCUT2D eigenvalue weighted by molar-refractivity contribution is 7.92. The van der Waals surface area contributed by atoms with E-state index in [1.54, 1.807) is 31.4 Å². The molecule has 1 atom stereocenters. The average Bonchev–Trinajstić information content (AvgIpc) is 3.01. The van der Waals surface area contributed by atoms with Crippen molar-refractivity contribution in [1.29, 1.82) is 0 Å². The van der Waals surface area contributed by atoms with Crippen LogP contribution in [0.2, 0.25) is 0 Å². The van der Waals surface area contributed by atoms with Gasteiger partial charge in [-0.2, -0.15) is 0 Å². The summed E-state index contributed by atoms with van der Waals surface area (Å²) in [6.07, 6.45) is 1.94. The number of sulfonamides is 1. The number of hydrogen-bond donors (Lipinski definition) is 0. The summed E-state index contributed by atoms with van der Waals surface area (Å²) in [5.41, 5.74) is 1.80. The first kappa shape index (κ1) is 18.6. The van der Waals surface area contributed by atoms with Crippen LogP contribution in [-0.2, 0) is 10.0 Å². The van der Waals surface area contributed by atoms with Crippen LogP contribution < -0.4 is 13.8 Å². The van der Waals surface area contributed by atoms with Crippen molar-refractivity contribution in [2.45, 2.75) is 37.5 Å². The second kappa shape index (κ2) is 7.58. The zero-order valence-electron chi connectivity index (χ0n) is 15.4. The third-order valence-corrected chi connectivity index (χ3v) is 6.48. The van der Waals surface area contributed by atoms with E-state index in [1.807, 2.05) is 25.1 Å². The van der Waals surface area contributed by atoms with E-state index >= 15 is 0 Å². The molecular formula is C20H25NO4S. The van der Waals surface area contributed by atoms with Gasteiger partial charge in [0.2, 0.25) is 0 Å². The van der Waals surface area contributed by atoms with Crippen LogP contribution in [0.25, 0.3) is 0 Å². The van der Waals surface area contributed by atoms with Crippen molar-refractivity contribution >= 4 is 15.7 Å². The van der Waals surface area contributed by atoms with Crippen molar-refractivity contribution in [2.75, 3.05) is 24.6 Å². The Bertz CT molecular complexity index is 862. The number of hydrogen-bond acceptors (Lipinski definition) is 4. The number of rotatable bonds is 7. The van der Waals surface area contributed by atoms with E-state index in [0.717, 1.165) is 29.8 Å². The molecule has 2 aromatic carbocycles. The minimum Gasteiger partial charge on any atom is -0.497 e. The summed E-state index contributed by atoms with van der Waals surface area (Å²) in [6.45, 7) is 5.11. The van der Waals surface area contributed by atoms with Gasteiger partial charge in [0.15, 0.2) is 0 Å². The normalized spacial score (nSPS) is 16.4. The average molecular weight is 375 g/mol. The van der Waals surface area contributed by atoms with E-state index < -0.39 is 10.0 Å². The number of methoxy groups -OCH3 is 1. The summed E-state index contributed by atoms with van der Waals surface area (Å²) in [4.78, 5) is 0.273. The molecule has 6 heteroatoms. The molecule has 140 valence electrons. The summed E-state index contributed by atoms with van der Waals surface area (Å²) < 4.78 is 38.7. The van der Waals surface area contributed by atoms with Gasteiger partial charge in [-0.05, 0) is 61.4 Å². The predicted octanol–water partition coefficient (Wildman–Crippen LogP) is 4.19. The number of ether oxygens (including phenoxy) is 2. The minimum atomic E-state index is -3.62. The highest BCUT2D eigenvalue weighted by atomic mass is 32.2. The second-order valence-electron chi connectivity index (χ2n) is 6.35.